The van der Waals surface area contributed by atoms with Crippen molar-refractivity contribution in [3.63, 3.8) is 0 Å². The fraction of sp³-hybridized carbons (Fsp3) is 0.778. The van der Waals surface area contributed by atoms with Crippen molar-refractivity contribution in [2.24, 2.45) is 11.8 Å². The summed E-state index contributed by atoms with van der Waals surface area (Å²) in [5, 5.41) is 6.00. The summed E-state index contributed by atoms with van der Waals surface area (Å²) in [6.45, 7) is 11.7. The van der Waals surface area contributed by atoms with Crippen molar-refractivity contribution >= 4 is 11.3 Å². The lowest BCUT2D eigenvalue weighted by atomic mass is 9.78. The molecule has 0 spiro atoms. The highest BCUT2D eigenvalue weighted by atomic mass is 32.1. The lowest BCUT2D eigenvalue weighted by Gasteiger charge is -2.38. The highest BCUT2D eigenvalue weighted by molar-refractivity contribution is 7.09. The zero-order chi connectivity index (χ0) is 15.1. The van der Waals surface area contributed by atoms with Crippen LogP contribution in [0, 0.1) is 11.8 Å². The van der Waals surface area contributed by atoms with Crippen LogP contribution in [-0.4, -0.2) is 30.6 Å². The third-order valence-electron chi connectivity index (χ3n) is 4.80. The topological polar surface area (TPSA) is 15.3 Å². The van der Waals surface area contributed by atoms with E-state index in [0.717, 1.165) is 31.0 Å². The van der Waals surface area contributed by atoms with Gasteiger partial charge in [-0.1, -0.05) is 26.8 Å². The van der Waals surface area contributed by atoms with E-state index >= 15 is 0 Å². The Morgan fingerprint density at radius 2 is 2.19 bits per heavy atom. The number of rotatable bonds is 8. The standard InChI is InChI=1S/C18H32N2S/c1-4-10-19-18-9-8-15(3)12-16(18)13-20(5-2)14-17-7-6-11-21-17/h6-7,11,15-16,18-19H,4-5,8-10,12-14H2,1-3H3. The molecule has 1 heterocycles. The molecule has 1 fully saturated rings. The molecule has 1 N–H and O–H groups in total. The van der Waals surface area contributed by atoms with Crippen LogP contribution in [-0.2, 0) is 6.54 Å². The van der Waals surface area contributed by atoms with Crippen LogP contribution in [0.1, 0.15) is 51.3 Å². The molecule has 0 radical (unpaired) electrons. The van der Waals surface area contributed by atoms with Gasteiger partial charge in [0.15, 0.2) is 0 Å². The molecule has 21 heavy (non-hydrogen) atoms. The predicted octanol–water partition coefficient (Wildman–Crippen LogP) is 4.37. The molecule has 3 heteroatoms. The summed E-state index contributed by atoms with van der Waals surface area (Å²) in [5.74, 6) is 1.72. The normalized spacial score (nSPS) is 26.4. The summed E-state index contributed by atoms with van der Waals surface area (Å²) in [7, 11) is 0. The third kappa shape index (κ3) is 5.39. The van der Waals surface area contributed by atoms with E-state index in [9.17, 15) is 0 Å². The number of nitrogens with one attached hydrogen (secondary N) is 1. The molecule has 0 aliphatic heterocycles. The van der Waals surface area contributed by atoms with Crippen molar-refractivity contribution in [3.05, 3.63) is 22.4 Å². The molecule has 1 aromatic rings. The summed E-state index contributed by atoms with van der Waals surface area (Å²) >= 11 is 1.89. The molecule has 1 saturated carbocycles. The van der Waals surface area contributed by atoms with Gasteiger partial charge in [0.25, 0.3) is 0 Å². The molecule has 0 bridgehead atoms. The van der Waals surface area contributed by atoms with E-state index < -0.39 is 0 Å². The zero-order valence-corrected chi connectivity index (χ0v) is 14.8. The van der Waals surface area contributed by atoms with Crippen LogP contribution >= 0.6 is 11.3 Å². The van der Waals surface area contributed by atoms with Gasteiger partial charge < -0.3 is 5.32 Å². The molecule has 3 atom stereocenters. The van der Waals surface area contributed by atoms with Gasteiger partial charge in [-0.15, -0.1) is 11.3 Å². The minimum atomic E-state index is 0.735. The molecule has 0 saturated heterocycles. The molecule has 0 aromatic carbocycles. The van der Waals surface area contributed by atoms with Crippen LogP contribution in [0.4, 0.5) is 0 Å². The summed E-state index contributed by atoms with van der Waals surface area (Å²) in [6.07, 6.45) is 5.39. The molecule has 1 aliphatic carbocycles. The van der Waals surface area contributed by atoms with Gasteiger partial charge in [0.05, 0.1) is 0 Å². The molecule has 120 valence electrons. The molecule has 2 rings (SSSR count). The van der Waals surface area contributed by atoms with Gasteiger partial charge in [0, 0.05) is 24.0 Å². The Kier molecular flexibility index (Phi) is 7.21. The minimum absolute atomic E-state index is 0.735. The van der Waals surface area contributed by atoms with Crippen molar-refractivity contribution in [3.8, 4) is 0 Å². The molecule has 3 unspecified atom stereocenters. The molecule has 0 amide bonds. The van der Waals surface area contributed by atoms with Crippen molar-refractivity contribution < 1.29 is 0 Å². The second kappa shape index (κ2) is 8.92. The highest BCUT2D eigenvalue weighted by Gasteiger charge is 2.29. The van der Waals surface area contributed by atoms with Crippen molar-refractivity contribution in [2.45, 2.75) is 59.0 Å². The quantitative estimate of drug-likeness (QED) is 0.767. The zero-order valence-electron chi connectivity index (χ0n) is 14.0. The number of nitrogens with zero attached hydrogens (tertiary/aromatic N) is 1. The summed E-state index contributed by atoms with van der Waals surface area (Å²) in [5.41, 5.74) is 0. The van der Waals surface area contributed by atoms with Crippen LogP contribution in [0.15, 0.2) is 17.5 Å². The third-order valence-corrected chi connectivity index (χ3v) is 5.66. The maximum atomic E-state index is 3.81. The smallest absolute Gasteiger partial charge is 0.0327 e. The Morgan fingerprint density at radius 3 is 2.86 bits per heavy atom. The van der Waals surface area contributed by atoms with Gasteiger partial charge in [0.2, 0.25) is 0 Å². The van der Waals surface area contributed by atoms with E-state index in [1.165, 1.54) is 43.6 Å². The van der Waals surface area contributed by atoms with Gasteiger partial charge >= 0.3 is 0 Å². The van der Waals surface area contributed by atoms with Crippen LogP contribution in [0.3, 0.4) is 0 Å². The van der Waals surface area contributed by atoms with Gasteiger partial charge in [-0.2, -0.15) is 0 Å². The van der Waals surface area contributed by atoms with Crippen molar-refractivity contribution in [2.75, 3.05) is 19.6 Å². The van der Waals surface area contributed by atoms with E-state index in [-0.39, 0.29) is 0 Å². The summed E-state index contributed by atoms with van der Waals surface area (Å²) < 4.78 is 0. The first kappa shape index (κ1) is 17.0. The number of hydrogen-bond donors (Lipinski definition) is 1. The largest absolute Gasteiger partial charge is 0.314 e. The van der Waals surface area contributed by atoms with Crippen LogP contribution in [0.25, 0.3) is 0 Å². The Labute approximate surface area is 134 Å². The van der Waals surface area contributed by atoms with Crippen LogP contribution < -0.4 is 5.32 Å². The maximum absolute atomic E-state index is 3.81. The van der Waals surface area contributed by atoms with Crippen LogP contribution in [0.5, 0.6) is 0 Å². The van der Waals surface area contributed by atoms with Crippen LogP contribution in [0.2, 0.25) is 0 Å². The van der Waals surface area contributed by atoms with E-state index in [1.54, 1.807) is 0 Å². The Balaban J connectivity index is 1.91. The average molecular weight is 309 g/mol. The lowest BCUT2D eigenvalue weighted by molar-refractivity contribution is 0.144. The average Bonchev–Trinajstić information content (AvgIpc) is 2.98. The Bertz CT molecular complexity index is 375. The van der Waals surface area contributed by atoms with Crippen molar-refractivity contribution in [1.29, 1.82) is 0 Å². The molecular formula is C18H32N2S. The maximum Gasteiger partial charge on any atom is 0.0327 e. The highest BCUT2D eigenvalue weighted by Crippen LogP contribution is 2.30. The first-order valence-corrected chi connectivity index (χ1v) is 9.59. The molecule has 2 nitrogen and oxygen atoms in total. The summed E-state index contributed by atoms with van der Waals surface area (Å²) in [4.78, 5) is 4.13. The molecule has 1 aliphatic rings. The van der Waals surface area contributed by atoms with Gasteiger partial charge in [-0.3, -0.25) is 4.90 Å². The number of hydrogen-bond acceptors (Lipinski definition) is 3. The predicted molar refractivity (Wildman–Crippen MR) is 93.9 cm³/mol. The Morgan fingerprint density at radius 1 is 1.33 bits per heavy atom. The second-order valence-electron chi connectivity index (χ2n) is 6.65. The van der Waals surface area contributed by atoms with E-state index in [2.05, 4.69) is 48.5 Å². The van der Waals surface area contributed by atoms with Gasteiger partial charge in [-0.05, 0) is 62.1 Å². The molecular weight excluding hydrogens is 276 g/mol. The van der Waals surface area contributed by atoms with Gasteiger partial charge in [-0.25, -0.2) is 0 Å². The van der Waals surface area contributed by atoms with E-state index in [0.29, 0.717) is 0 Å². The van der Waals surface area contributed by atoms with Crippen molar-refractivity contribution in [1.82, 2.24) is 10.2 Å². The fourth-order valence-corrected chi connectivity index (χ4v) is 4.31. The monoisotopic (exact) mass is 308 g/mol. The SMILES string of the molecule is CCCNC1CCC(C)CC1CN(CC)Cc1cccs1. The van der Waals surface area contributed by atoms with Gasteiger partial charge in [0.1, 0.15) is 0 Å². The fourth-order valence-electron chi connectivity index (χ4n) is 3.56. The summed E-state index contributed by atoms with van der Waals surface area (Å²) in [6, 6.07) is 5.17. The first-order valence-electron chi connectivity index (χ1n) is 8.71. The second-order valence-corrected chi connectivity index (χ2v) is 7.68. The lowest BCUT2D eigenvalue weighted by Crippen LogP contribution is -2.45. The molecule has 1 aromatic heterocycles. The Hall–Kier alpha value is -0.380. The minimum Gasteiger partial charge on any atom is -0.314 e. The first-order chi connectivity index (χ1) is 10.2. The number of thiophene rings is 1. The van der Waals surface area contributed by atoms with E-state index in [1.807, 2.05) is 11.3 Å². The van der Waals surface area contributed by atoms with E-state index in [4.69, 9.17) is 0 Å².